The van der Waals surface area contributed by atoms with Gasteiger partial charge in [-0.2, -0.15) is 0 Å². The third-order valence-corrected chi connectivity index (χ3v) is 0. The van der Waals surface area contributed by atoms with Crippen LogP contribution >= 0.6 is 0 Å². The van der Waals surface area contributed by atoms with E-state index in [1.54, 1.807) is 0 Å². The van der Waals surface area contributed by atoms with Crippen LogP contribution in [0.1, 0.15) is 0 Å². The molecule has 0 bridgehead atoms. The van der Waals surface area contributed by atoms with Crippen LogP contribution in [0, 0.1) is 0 Å². The first-order chi connectivity index (χ1) is 2.83. The molecule has 0 radical (unpaired) electrons. The fourth-order valence-electron chi connectivity index (χ4n) is 0. The molecule has 0 rings (SSSR count). The van der Waals surface area contributed by atoms with Crippen LogP contribution in [-0.2, 0) is 0 Å². The molecule has 0 saturated heterocycles. The fourth-order valence-corrected chi connectivity index (χ4v) is 0. The van der Waals surface area contributed by atoms with Gasteiger partial charge in [0.1, 0.15) is 0 Å². The maximum absolute atomic E-state index is 3.12. The summed E-state index contributed by atoms with van der Waals surface area (Å²) < 4.78 is 0. The molecule has 0 aliphatic rings. The van der Waals surface area contributed by atoms with E-state index in [0.29, 0.717) is 0 Å². The van der Waals surface area contributed by atoms with E-state index in [2.05, 4.69) is 37.8 Å². The summed E-state index contributed by atoms with van der Waals surface area (Å²) in [6.07, 6.45) is 0. The first-order valence-electron chi connectivity index (χ1n) is 1.41. The smallest absolute Gasteiger partial charge is 0.0572 e. The molecule has 0 unspecified atom stereocenters. The second-order valence-corrected chi connectivity index (χ2v) is 0.500. The summed E-state index contributed by atoms with van der Waals surface area (Å²) in [5, 5.41) is 0. The molecule has 32 valence electrons. The topological polar surface area (TPSA) is 0 Å². The molecule has 0 atom stereocenters. The van der Waals surface area contributed by atoms with Gasteiger partial charge in [0.15, 0.2) is 0 Å². The van der Waals surface area contributed by atoms with Crippen LogP contribution in [0.2, 0.25) is 0 Å². The van der Waals surface area contributed by atoms with Gasteiger partial charge in [-0.05, 0) is 0 Å². The van der Waals surface area contributed by atoms with Crippen molar-refractivity contribution in [2.75, 3.05) is 0 Å². The Morgan fingerprint density at radius 3 is 0.667 bits per heavy atom. The molecular formula is C6H8. The molecule has 0 N–H and O–H groups in total. The summed E-state index contributed by atoms with van der Waals surface area (Å²) in [5.74, 6) is 0. The van der Waals surface area contributed by atoms with Crippen LogP contribution in [-0.4, -0.2) is 0 Å². The van der Waals surface area contributed by atoms with E-state index in [4.69, 9.17) is 0 Å². The van der Waals surface area contributed by atoms with Crippen LogP contribution in [0.3, 0.4) is 0 Å². The number of hydrogen-bond acceptors (Lipinski definition) is 0. The molecule has 0 heteroatoms. The highest BCUT2D eigenvalue weighted by Crippen LogP contribution is 1.16. The summed E-state index contributed by atoms with van der Waals surface area (Å²) in [7, 11) is 0. The lowest BCUT2D eigenvalue weighted by Gasteiger charge is -1.10. The van der Waals surface area contributed by atoms with Gasteiger partial charge in [-0.15, -0.1) is 11.5 Å². The Morgan fingerprint density at radius 1 is 0.667 bits per heavy atom. The lowest BCUT2D eigenvalue weighted by Crippen LogP contribution is -0.844. The van der Waals surface area contributed by atoms with Crippen molar-refractivity contribution in [3.05, 3.63) is 37.8 Å². The van der Waals surface area contributed by atoms with Gasteiger partial charge >= 0.3 is 0 Å². The van der Waals surface area contributed by atoms with Crippen molar-refractivity contribution in [3.8, 4) is 0 Å². The van der Waals surface area contributed by atoms with Gasteiger partial charge in [0.05, 0.1) is 0 Å². The Balaban J connectivity index is 0. The van der Waals surface area contributed by atoms with Crippen molar-refractivity contribution in [1.82, 2.24) is 0 Å². The van der Waals surface area contributed by atoms with Crippen LogP contribution in [0.15, 0.2) is 37.8 Å². The van der Waals surface area contributed by atoms with Crippen molar-refractivity contribution < 1.29 is 0 Å². The SMILES string of the molecule is C=C=C.C=C=C. The van der Waals surface area contributed by atoms with Crippen LogP contribution in [0.5, 0.6) is 0 Å². The van der Waals surface area contributed by atoms with Crippen LogP contribution in [0.25, 0.3) is 0 Å². The molecule has 0 aliphatic heterocycles. The Kier molecular flexibility index (Phi) is 51.2. The van der Waals surface area contributed by atoms with Gasteiger partial charge in [0.25, 0.3) is 0 Å². The quantitative estimate of drug-likeness (QED) is 0.390. The van der Waals surface area contributed by atoms with E-state index in [1.807, 2.05) is 0 Å². The van der Waals surface area contributed by atoms with E-state index >= 15 is 0 Å². The zero-order valence-electron chi connectivity index (χ0n) is 3.83. The zero-order valence-corrected chi connectivity index (χ0v) is 3.83. The average molecular weight is 80.1 g/mol. The van der Waals surface area contributed by atoms with Crippen molar-refractivity contribution in [3.63, 3.8) is 0 Å². The van der Waals surface area contributed by atoms with E-state index in [9.17, 15) is 0 Å². The third kappa shape index (κ3) is 13.7. The summed E-state index contributed by atoms with van der Waals surface area (Å²) >= 11 is 0. The molecule has 6 heavy (non-hydrogen) atoms. The molecule has 0 aliphatic carbocycles. The van der Waals surface area contributed by atoms with Crippen LogP contribution < -0.4 is 0 Å². The fraction of sp³-hybridized carbons (Fsp3) is 0. The molecule has 0 nitrogen and oxygen atoms in total. The van der Waals surface area contributed by atoms with Gasteiger partial charge in [-0.25, -0.2) is 0 Å². The van der Waals surface area contributed by atoms with Crippen molar-refractivity contribution in [2.24, 2.45) is 0 Å². The van der Waals surface area contributed by atoms with E-state index < -0.39 is 0 Å². The predicted octanol–water partition coefficient (Wildman–Crippen LogP) is 1.91. The Hall–Kier alpha value is -0.960. The lowest BCUT2D eigenvalue weighted by atomic mass is 11.0. The Labute approximate surface area is 38.8 Å². The first kappa shape index (κ1) is 8.90. The first-order valence-corrected chi connectivity index (χ1v) is 1.41. The Morgan fingerprint density at radius 2 is 0.667 bits per heavy atom. The molecule has 0 heterocycles. The molecule has 0 saturated carbocycles. The number of hydrogen-bond donors (Lipinski definition) is 0. The van der Waals surface area contributed by atoms with Gasteiger partial charge in [0.2, 0.25) is 0 Å². The van der Waals surface area contributed by atoms with E-state index in [0.717, 1.165) is 0 Å². The number of rotatable bonds is 0. The molecular weight excluding hydrogens is 72.1 g/mol. The van der Waals surface area contributed by atoms with Crippen molar-refractivity contribution in [1.29, 1.82) is 0 Å². The summed E-state index contributed by atoms with van der Waals surface area (Å²) in [6, 6.07) is 0. The average Bonchev–Trinajstić information content (AvgIpc) is 1.39. The zero-order chi connectivity index (χ0) is 5.41. The monoisotopic (exact) mass is 80.1 g/mol. The normalized spacial score (nSPS) is 2.67. The van der Waals surface area contributed by atoms with Crippen LogP contribution in [0.4, 0.5) is 0 Å². The maximum atomic E-state index is 3.12. The predicted molar refractivity (Wildman–Crippen MR) is 29.5 cm³/mol. The third-order valence-electron chi connectivity index (χ3n) is 0. The van der Waals surface area contributed by atoms with E-state index in [-0.39, 0.29) is 0 Å². The van der Waals surface area contributed by atoms with Crippen molar-refractivity contribution >= 4 is 0 Å². The Bertz CT molecular complexity index is 54.0. The van der Waals surface area contributed by atoms with Gasteiger partial charge in [-0.3, -0.25) is 0 Å². The second-order valence-electron chi connectivity index (χ2n) is 0.500. The molecule has 0 spiro atoms. The molecule has 0 aromatic heterocycles. The minimum atomic E-state index is 2.25. The van der Waals surface area contributed by atoms with Gasteiger partial charge in [-0.1, -0.05) is 26.3 Å². The molecule has 0 amide bonds. The highest BCUT2D eigenvalue weighted by Gasteiger charge is 0.907. The lowest BCUT2D eigenvalue weighted by molar-refractivity contribution is 2.51. The highest BCUT2D eigenvalue weighted by molar-refractivity contribution is 4.52. The highest BCUT2D eigenvalue weighted by atomic mass is 13.0. The van der Waals surface area contributed by atoms with E-state index in [1.165, 1.54) is 0 Å². The summed E-state index contributed by atoms with van der Waals surface area (Å²) in [6.45, 7) is 12.5. The minimum Gasteiger partial charge on any atom is -0.137 e. The van der Waals surface area contributed by atoms with Crippen molar-refractivity contribution in [2.45, 2.75) is 0 Å². The summed E-state index contributed by atoms with van der Waals surface area (Å²) in [5.41, 5.74) is 4.50. The van der Waals surface area contributed by atoms with Gasteiger partial charge in [0, 0.05) is 0 Å². The van der Waals surface area contributed by atoms with Gasteiger partial charge < -0.3 is 0 Å². The second kappa shape index (κ2) is 34.5. The minimum absolute atomic E-state index is 2.25. The molecule has 0 aromatic carbocycles. The standard InChI is InChI=1S/2C3H4/c2*1-3-2/h2*1-2H2. The maximum Gasteiger partial charge on any atom is -0.0572 e. The molecule has 0 fully saturated rings. The summed E-state index contributed by atoms with van der Waals surface area (Å²) in [4.78, 5) is 0. The largest absolute Gasteiger partial charge is 0.137 e. The molecule has 0 aromatic rings.